The monoisotopic (exact) mass is 270 g/mol. The molecule has 96 valence electrons. The molecule has 0 aliphatic carbocycles. The third kappa shape index (κ3) is 1.59. The van der Waals surface area contributed by atoms with E-state index in [4.69, 9.17) is 10.2 Å². The summed E-state index contributed by atoms with van der Waals surface area (Å²) in [6.07, 6.45) is 0. The summed E-state index contributed by atoms with van der Waals surface area (Å²) in [5, 5.41) is 17.8. The lowest BCUT2D eigenvalue weighted by molar-refractivity contribution is -0.281. The Morgan fingerprint density at radius 3 is 1.59 bits per heavy atom. The Bertz CT molecular complexity index is 443. The highest BCUT2D eigenvalue weighted by Gasteiger charge is 2.68. The molecule has 0 aromatic rings. The Morgan fingerprint density at radius 1 is 0.941 bits per heavy atom. The quantitative estimate of drug-likeness (QED) is 0.490. The maximum absolute atomic E-state index is 11.4. The van der Waals surface area contributed by atoms with Crippen LogP contribution < -0.4 is 0 Å². The van der Waals surface area contributed by atoms with Gasteiger partial charge in [-0.15, -0.1) is 0 Å². The lowest BCUT2D eigenvalue weighted by atomic mass is 10.2. The summed E-state index contributed by atoms with van der Waals surface area (Å²) in [6, 6.07) is 0. The normalized spacial score (nSPS) is 39.4. The first-order valence-electron chi connectivity index (χ1n) is 4.14. The summed E-state index contributed by atoms with van der Waals surface area (Å²) in [7, 11) is -4.87. The van der Waals surface area contributed by atoms with Gasteiger partial charge in [-0.1, -0.05) is 0 Å². The molecule has 2 unspecified atom stereocenters. The van der Waals surface area contributed by atoms with Crippen LogP contribution in [0.15, 0.2) is 0 Å². The van der Waals surface area contributed by atoms with Crippen molar-refractivity contribution in [1.82, 2.24) is 0 Å². The van der Waals surface area contributed by atoms with E-state index in [2.05, 4.69) is 17.8 Å². The number of carbonyl (C=O) groups excluding carboxylic acids is 2. The molecule has 0 aromatic carbocycles. The second-order valence-electron chi connectivity index (χ2n) is 3.18. The number of esters is 2. The standard InChI is InChI=1S/C6H6O10S/c7-1-5-3(9)14-6(2-8,4(10)13-5)16-17(11,12)15-5/h7-8H,1-2H2. The van der Waals surface area contributed by atoms with Crippen molar-refractivity contribution in [2.75, 3.05) is 13.2 Å². The summed E-state index contributed by atoms with van der Waals surface area (Å²) >= 11 is 0. The number of aliphatic hydroxyl groups is 2. The molecule has 3 heterocycles. The smallest absolute Gasteiger partial charge is 0.408 e. The molecule has 3 aliphatic heterocycles. The molecular formula is C6H6O10S. The van der Waals surface area contributed by atoms with Gasteiger partial charge in [0.1, 0.15) is 13.2 Å². The zero-order valence-corrected chi connectivity index (χ0v) is 8.80. The molecule has 10 nitrogen and oxygen atoms in total. The van der Waals surface area contributed by atoms with Crippen LogP contribution in [0.25, 0.3) is 0 Å². The first-order chi connectivity index (χ1) is 7.79. The first kappa shape index (κ1) is 12.2. The summed E-state index contributed by atoms with van der Waals surface area (Å²) in [4.78, 5) is 22.8. The number of aliphatic hydroxyl groups excluding tert-OH is 2. The van der Waals surface area contributed by atoms with Gasteiger partial charge < -0.3 is 19.7 Å². The maximum Gasteiger partial charge on any atom is 0.408 e. The number of carbonyl (C=O) groups is 2. The molecule has 11 heteroatoms. The van der Waals surface area contributed by atoms with Gasteiger partial charge in [-0.25, -0.2) is 9.59 Å². The molecule has 3 rings (SSSR count). The van der Waals surface area contributed by atoms with E-state index in [0.717, 1.165) is 0 Å². The zero-order valence-electron chi connectivity index (χ0n) is 7.98. The van der Waals surface area contributed by atoms with E-state index in [0.29, 0.717) is 0 Å². The van der Waals surface area contributed by atoms with Gasteiger partial charge >= 0.3 is 33.9 Å². The summed E-state index contributed by atoms with van der Waals surface area (Å²) < 4.78 is 39.3. The molecule has 0 amide bonds. The molecule has 2 N–H and O–H groups in total. The highest BCUT2D eigenvalue weighted by molar-refractivity contribution is 7.82. The van der Waals surface area contributed by atoms with Crippen LogP contribution in [0.3, 0.4) is 0 Å². The molecule has 2 atom stereocenters. The molecule has 0 saturated carbocycles. The molecule has 0 radical (unpaired) electrons. The minimum Gasteiger partial charge on any atom is -0.413 e. The van der Waals surface area contributed by atoms with Crippen molar-refractivity contribution in [2.24, 2.45) is 0 Å². The topological polar surface area (TPSA) is 146 Å². The van der Waals surface area contributed by atoms with Crippen molar-refractivity contribution in [1.29, 1.82) is 0 Å². The van der Waals surface area contributed by atoms with Gasteiger partial charge in [0.2, 0.25) is 0 Å². The Kier molecular flexibility index (Phi) is 2.41. The molecular weight excluding hydrogens is 264 g/mol. The van der Waals surface area contributed by atoms with Crippen molar-refractivity contribution in [3.63, 3.8) is 0 Å². The van der Waals surface area contributed by atoms with Gasteiger partial charge in [0, 0.05) is 0 Å². The maximum atomic E-state index is 11.4. The molecule has 3 aliphatic rings. The third-order valence-corrected chi connectivity index (χ3v) is 2.97. The fourth-order valence-corrected chi connectivity index (χ4v) is 2.24. The van der Waals surface area contributed by atoms with E-state index in [-0.39, 0.29) is 0 Å². The van der Waals surface area contributed by atoms with E-state index < -0.39 is 47.1 Å². The Hall–Kier alpha value is -1.27. The fraction of sp³-hybridized carbons (Fsp3) is 0.667. The van der Waals surface area contributed by atoms with Crippen LogP contribution in [0, 0.1) is 0 Å². The number of rotatable bonds is 2. The van der Waals surface area contributed by atoms with Crippen molar-refractivity contribution >= 4 is 22.3 Å². The highest BCUT2D eigenvalue weighted by Crippen LogP contribution is 2.37. The van der Waals surface area contributed by atoms with E-state index in [9.17, 15) is 18.0 Å². The van der Waals surface area contributed by atoms with E-state index in [1.54, 1.807) is 0 Å². The van der Waals surface area contributed by atoms with Gasteiger partial charge in [0.25, 0.3) is 0 Å². The lowest BCUT2D eigenvalue weighted by Gasteiger charge is -2.33. The number of fused-ring (bicyclic) bond motifs is 4. The molecule has 2 bridgehead atoms. The summed E-state index contributed by atoms with van der Waals surface area (Å²) in [5.74, 6) is -8.67. The van der Waals surface area contributed by atoms with Crippen molar-refractivity contribution < 1.29 is 46.1 Å². The zero-order chi connectivity index (χ0) is 12.9. The average molecular weight is 270 g/mol. The van der Waals surface area contributed by atoms with E-state index in [1.807, 2.05) is 0 Å². The molecule has 0 aromatic heterocycles. The van der Waals surface area contributed by atoms with Crippen LogP contribution in [-0.2, 0) is 37.8 Å². The van der Waals surface area contributed by atoms with Crippen LogP contribution in [-0.4, -0.2) is 55.4 Å². The van der Waals surface area contributed by atoms with Gasteiger partial charge in [-0.2, -0.15) is 16.8 Å². The second-order valence-corrected chi connectivity index (χ2v) is 4.33. The number of hydrogen-bond donors (Lipinski definition) is 2. The Balaban J connectivity index is 2.60. The van der Waals surface area contributed by atoms with Gasteiger partial charge in [0.05, 0.1) is 0 Å². The van der Waals surface area contributed by atoms with Crippen LogP contribution in [0.4, 0.5) is 0 Å². The van der Waals surface area contributed by atoms with Gasteiger partial charge in [-0.3, -0.25) is 0 Å². The van der Waals surface area contributed by atoms with Gasteiger partial charge in [-0.05, 0) is 0 Å². The van der Waals surface area contributed by atoms with Crippen molar-refractivity contribution in [2.45, 2.75) is 11.6 Å². The summed E-state index contributed by atoms with van der Waals surface area (Å²) in [6.45, 7) is -2.58. The predicted molar refractivity (Wildman–Crippen MR) is 42.9 cm³/mol. The van der Waals surface area contributed by atoms with Crippen molar-refractivity contribution in [3.8, 4) is 0 Å². The summed E-state index contributed by atoms with van der Waals surface area (Å²) in [5.41, 5.74) is 0. The highest BCUT2D eigenvalue weighted by atomic mass is 32.3. The van der Waals surface area contributed by atoms with Crippen LogP contribution in [0.2, 0.25) is 0 Å². The largest absolute Gasteiger partial charge is 0.413 e. The van der Waals surface area contributed by atoms with E-state index in [1.165, 1.54) is 0 Å². The number of hydrogen-bond acceptors (Lipinski definition) is 10. The van der Waals surface area contributed by atoms with Crippen LogP contribution >= 0.6 is 0 Å². The molecule has 17 heavy (non-hydrogen) atoms. The molecule has 0 spiro atoms. The number of ether oxygens (including phenoxy) is 2. The first-order valence-corrected chi connectivity index (χ1v) is 5.47. The minimum atomic E-state index is -4.87. The lowest BCUT2D eigenvalue weighted by Crippen LogP contribution is -2.61. The molecule has 3 saturated heterocycles. The van der Waals surface area contributed by atoms with Crippen LogP contribution in [0.1, 0.15) is 0 Å². The predicted octanol–water partition coefficient (Wildman–Crippen LogP) is -3.24. The Labute approximate surface area is 94.0 Å². The average Bonchev–Trinajstić information content (AvgIpc) is 2.38. The minimum absolute atomic E-state index is 1.29. The SMILES string of the molecule is O=C1OC2(CO)OS(=O)(=O)OC1(CO)OC2=O. The molecule has 3 fully saturated rings. The van der Waals surface area contributed by atoms with Crippen LogP contribution in [0.5, 0.6) is 0 Å². The van der Waals surface area contributed by atoms with E-state index >= 15 is 0 Å². The second kappa shape index (κ2) is 3.36. The van der Waals surface area contributed by atoms with Gasteiger partial charge in [0.15, 0.2) is 0 Å². The fourth-order valence-electron chi connectivity index (χ4n) is 1.23. The van der Waals surface area contributed by atoms with Crippen molar-refractivity contribution in [3.05, 3.63) is 0 Å². The third-order valence-electron chi connectivity index (χ3n) is 2.03. The Morgan fingerprint density at radius 2 is 1.29 bits per heavy atom.